The topological polar surface area (TPSA) is 50.7 Å². The first-order chi connectivity index (χ1) is 8.74. The van der Waals surface area contributed by atoms with E-state index in [1.165, 1.54) is 0 Å². The lowest BCUT2D eigenvalue weighted by Gasteiger charge is -2.11. The molecule has 0 saturated carbocycles. The Morgan fingerprint density at radius 3 is 2.72 bits per heavy atom. The van der Waals surface area contributed by atoms with E-state index >= 15 is 0 Å². The molecular weight excluding hydrogens is 224 g/mol. The number of aromatic nitrogens is 3. The molecule has 0 aromatic carbocycles. The summed E-state index contributed by atoms with van der Waals surface area (Å²) in [6.07, 6.45) is 5.27. The van der Waals surface area contributed by atoms with Crippen LogP contribution in [-0.2, 0) is 12.8 Å². The van der Waals surface area contributed by atoms with Crippen molar-refractivity contribution in [1.82, 2.24) is 15.0 Å². The van der Waals surface area contributed by atoms with E-state index in [9.17, 15) is 0 Å². The standard InChI is InChI=1S/C14H18N4/c1-4-12-10(2)14(15-3)18-13(17-12)8-11-6-5-7-16-9-11/h5-7,9H,4,8H2,1-3H3,(H,15,17,18). The number of hydrogen-bond acceptors (Lipinski definition) is 4. The molecule has 0 atom stereocenters. The second-order valence-electron chi connectivity index (χ2n) is 4.20. The van der Waals surface area contributed by atoms with Crippen molar-refractivity contribution in [2.45, 2.75) is 26.7 Å². The number of nitrogens with zero attached hydrogens (tertiary/aromatic N) is 3. The number of nitrogens with one attached hydrogen (secondary N) is 1. The van der Waals surface area contributed by atoms with Gasteiger partial charge in [0.05, 0.1) is 0 Å². The van der Waals surface area contributed by atoms with E-state index < -0.39 is 0 Å². The number of pyridine rings is 1. The highest BCUT2D eigenvalue weighted by molar-refractivity contribution is 5.45. The lowest BCUT2D eigenvalue weighted by molar-refractivity contribution is 0.888. The minimum atomic E-state index is 0.718. The van der Waals surface area contributed by atoms with Crippen molar-refractivity contribution in [3.8, 4) is 0 Å². The molecule has 0 bridgehead atoms. The smallest absolute Gasteiger partial charge is 0.135 e. The van der Waals surface area contributed by atoms with Gasteiger partial charge in [-0.3, -0.25) is 4.98 Å². The minimum absolute atomic E-state index is 0.718. The molecule has 18 heavy (non-hydrogen) atoms. The van der Waals surface area contributed by atoms with Gasteiger partial charge >= 0.3 is 0 Å². The molecule has 4 nitrogen and oxygen atoms in total. The van der Waals surface area contributed by atoms with Gasteiger partial charge in [-0.05, 0) is 25.0 Å². The molecule has 0 amide bonds. The second kappa shape index (κ2) is 5.58. The molecule has 0 spiro atoms. The van der Waals surface area contributed by atoms with Crippen molar-refractivity contribution < 1.29 is 0 Å². The van der Waals surface area contributed by atoms with Crippen LogP contribution in [0.15, 0.2) is 24.5 Å². The molecule has 0 aliphatic carbocycles. The molecule has 2 aromatic rings. The van der Waals surface area contributed by atoms with E-state index in [4.69, 9.17) is 0 Å². The fourth-order valence-corrected chi connectivity index (χ4v) is 1.97. The Labute approximate surface area is 108 Å². The van der Waals surface area contributed by atoms with E-state index in [0.29, 0.717) is 0 Å². The summed E-state index contributed by atoms with van der Waals surface area (Å²) < 4.78 is 0. The third-order valence-electron chi connectivity index (χ3n) is 2.95. The van der Waals surface area contributed by atoms with Crippen LogP contribution < -0.4 is 5.32 Å². The van der Waals surface area contributed by atoms with Gasteiger partial charge in [-0.1, -0.05) is 13.0 Å². The average molecular weight is 242 g/mol. The molecule has 2 heterocycles. The summed E-state index contributed by atoms with van der Waals surface area (Å²) in [6, 6.07) is 3.98. The average Bonchev–Trinajstić information content (AvgIpc) is 2.41. The summed E-state index contributed by atoms with van der Waals surface area (Å²) in [6.45, 7) is 4.17. The van der Waals surface area contributed by atoms with Gasteiger partial charge in [0.2, 0.25) is 0 Å². The maximum Gasteiger partial charge on any atom is 0.135 e. The first-order valence-corrected chi connectivity index (χ1v) is 6.17. The largest absolute Gasteiger partial charge is 0.373 e. The van der Waals surface area contributed by atoms with Crippen LogP contribution in [0.2, 0.25) is 0 Å². The molecule has 94 valence electrons. The van der Waals surface area contributed by atoms with Crippen molar-refractivity contribution in [2.75, 3.05) is 12.4 Å². The van der Waals surface area contributed by atoms with Gasteiger partial charge in [0.1, 0.15) is 11.6 Å². The summed E-state index contributed by atoms with van der Waals surface area (Å²) in [5, 5.41) is 3.13. The highest BCUT2D eigenvalue weighted by atomic mass is 15.0. The van der Waals surface area contributed by atoms with Crippen molar-refractivity contribution in [1.29, 1.82) is 0 Å². The van der Waals surface area contributed by atoms with Crippen LogP contribution >= 0.6 is 0 Å². The molecule has 0 saturated heterocycles. The Morgan fingerprint density at radius 2 is 2.11 bits per heavy atom. The first-order valence-electron chi connectivity index (χ1n) is 6.17. The zero-order valence-electron chi connectivity index (χ0n) is 11.1. The first kappa shape index (κ1) is 12.5. The van der Waals surface area contributed by atoms with Gasteiger partial charge in [-0.15, -0.1) is 0 Å². The molecule has 1 N–H and O–H groups in total. The third-order valence-corrected chi connectivity index (χ3v) is 2.95. The lowest BCUT2D eigenvalue weighted by atomic mass is 10.1. The Bertz CT molecular complexity index is 498. The van der Waals surface area contributed by atoms with Gasteiger partial charge < -0.3 is 5.32 Å². The predicted molar refractivity (Wildman–Crippen MR) is 72.7 cm³/mol. The quantitative estimate of drug-likeness (QED) is 0.894. The van der Waals surface area contributed by atoms with Gasteiger partial charge in [0.15, 0.2) is 0 Å². The third kappa shape index (κ3) is 2.64. The monoisotopic (exact) mass is 242 g/mol. The van der Waals surface area contributed by atoms with E-state index in [1.54, 1.807) is 6.20 Å². The maximum atomic E-state index is 4.62. The Balaban J connectivity index is 2.34. The second-order valence-corrected chi connectivity index (χ2v) is 4.20. The van der Waals surface area contributed by atoms with E-state index in [-0.39, 0.29) is 0 Å². The van der Waals surface area contributed by atoms with Crippen LogP contribution in [0.4, 0.5) is 5.82 Å². The van der Waals surface area contributed by atoms with Crippen LogP contribution in [0.1, 0.15) is 29.6 Å². The van der Waals surface area contributed by atoms with E-state index in [2.05, 4.69) is 34.1 Å². The summed E-state index contributed by atoms with van der Waals surface area (Å²) in [4.78, 5) is 13.3. The molecule has 4 heteroatoms. The number of anilines is 1. The fraction of sp³-hybridized carbons (Fsp3) is 0.357. The molecular formula is C14H18N4. The van der Waals surface area contributed by atoms with Crippen molar-refractivity contribution >= 4 is 5.82 Å². The maximum absolute atomic E-state index is 4.62. The zero-order chi connectivity index (χ0) is 13.0. The van der Waals surface area contributed by atoms with Gasteiger partial charge in [0, 0.05) is 37.1 Å². The minimum Gasteiger partial charge on any atom is -0.373 e. The summed E-state index contributed by atoms with van der Waals surface area (Å²) in [7, 11) is 1.89. The van der Waals surface area contributed by atoms with Gasteiger partial charge in [-0.2, -0.15) is 0 Å². The molecule has 0 aliphatic heterocycles. The highest BCUT2D eigenvalue weighted by Crippen LogP contribution is 2.16. The van der Waals surface area contributed by atoms with Crippen LogP contribution in [-0.4, -0.2) is 22.0 Å². The summed E-state index contributed by atoms with van der Waals surface area (Å²) >= 11 is 0. The van der Waals surface area contributed by atoms with Crippen LogP contribution in [0.5, 0.6) is 0 Å². The number of rotatable bonds is 4. The van der Waals surface area contributed by atoms with Crippen LogP contribution in [0, 0.1) is 6.92 Å². The number of hydrogen-bond donors (Lipinski definition) is 1. The molecule has 0 radical (unpaired) electrons. The Hall–Kier alpha value is -1.97. The molecule has 0 unspecified atom stereocenters. The molecule has 2 rings (SSSR count). The van der Waals surface area contributed by atoms with Crippen molar-refractivity contribution in [3.05, 3.63) is 47.2 Å². The fourth-order valence-electron chi connectivity index (χ4n) is 1.97. The van der Waals surface area contributed by atoms with Crippen LogP contribution in [0.3, 0.4) is 0 Å². The van der Waals surface area contributed by atoms with Crippen LogP contribution in [0.25, 0.3) is 0 Å². The zero-order valence-corrected chi connectivity index (χ0v) is 11.1. The lowest BCUT2D eigenvalue weighted by Crippen LogP contribution is -2.07. The number of aryl methyl sites for hydroxylation is 1. The summed E-state index contributed by atoms with van der Waals surface area (Å²) in [5.74, 6) is 1.76. The normalized spacial score (nSPS) is 10.4. The Morgan fingerprint density at radius 1 is 1.28 bits per heavy atom. The van der Waals surface area contributed by atoms with E-state index in [1.807, 2.05) is 25.4 Å². The highest BCUT2D eigenvalue weighted by Gasteiger charge is 2.09. The van der Waals surface area contributed by atoms with Gasteiger partial charge in [-0.25, -0.2) is 9.97 Å². The molecule has 0 fully saturated rings. The Kier molecular flexibility index (Phi) is 3.87. The molecule has 2 aromatic heterocycles. The molecule has 0 aliphatic rings. The van der Waals surface area contributed by atoms with Crippen molar-refractivity contribution in [2.24, 2.45) is 0 Å². The SMILES string of the molecule is CCc1nc(Cc2cccnc2)nc(NC)c1C. The van der Waals surface area contributed by atoms with Crippen molar-refractivity contribution in [3.63, 3.8) is 0 Å². The predicted octanol–water partition coefficient (Wildman–Crippen LogP) is 2.37. The van der Waals surface area contributed by atoms with Gasteiger partial charge in [0.25, 0.3) is 0 Å². The summed E-state index contributed by atoms with van der Waals surface area (Å²) in [5.41, 5.74) is 3.37. The van der Waals surface area contributed by atoms with E-state index in [0.717, 1.165) is 41.3 Å².